The number of aromatic nitrogens is 1. The molecule has 0 aliphatic carbocycles. The molecule has 1 saturated heterocycles. The van der Waals surface area contributed by atoms with Crippen molar-refractivity contribution >= 4 is 11.8 Å². The van der Waals surface area contributed by atoms with Crippen LogP contribution >= 0.6 is 0 Å². The van der Waals surface area contributed by atoms with Gasteiger partial charge in [-0.1, -0.05) is 0 Å². The molecule has 1 fully saturated rings. The molecule has 1 aliphatic rings. The van der Waals surface area contributed by atoms with Gasteiger partial charge in [-0.3, -0.25) is 9.59 Å². The highest BCUT2D eigenvalue weighted by molar-refractivity contribution is 5.93. The van der Waals surface area contributed by atoms with Crippen LogP contribution in [0.5, 0.6) is 0 Å². The van der Waals surface area contributed by atoms with Crippen molar-refractivity contribution in [2.75, 3.05) is 33.4 Å². The Balaban J connectivity index is 2.16. The number of aryl methyl sites for hydroxylation is 1. The Morgan fingerprint density at radius 2 is 2.29 bits per heavy atom. The van der Waals surface area contributed by atoms with Gasteiger partial charge >= 0.3 is 0 Å². The Hall–Kier alpha value is -1.86. The molecule has 0 spiro atoms. The second-order valence-electron chi connectivity index (χ2n) is 5.34. The summed E-state index contributed by atoms with van der Waals surface area (Å²) in [6.07, 6.45) is 1.84. The van der Waals surface area contributed by atoms with Crippen molar-refractivity contribution in [2.45, 2.75) is 12.0 Å². The molecule has 0 saturated carbocycles. The van der Waals surface area contributed by atoms with E-state index in [9.17, 15) is 9.59 Å². The standard InChI is InChI=1S/C14H21N3O4/c1-16-5-3-4-11(16)13(19)17-6-7-21-14(9-17,10-20-2)8-12(15)18/h3-5H,6-10H2,1-2H3,(H2,15,18). The molecule has 2 rings (SSSR count). The summed E-state index contributed by atoms with van der Waals surface area (Å²) in [6.45, 7) is 1.34. The van der Waals surface area contributed by atoms with Gasteiger partial charge in [-0.25, -0.2) is 0 Å². The van der Waals surface area contributed by atoms with Crippen LogP contribution in [0.15, 0.2) is 18.3 Å². The van der Waals surface area contributed by atoms with Gasteiger partial charge < -0.3 is 24.7 Å². The maximum Gasteiger partial charge on any atom is 0.270 e. The molecule has 7 heteroatoms. The Labute approximate surface area is 123 Å². The Morgan fingerprint density at radius 1 is 1.52 bits per heavy atom. The zero-order valence-electron chi connectivity index (χ0n) is 12.4. The van der Waals surface area contributed by atoms with E-state index in [1.165, 1.54) is 7.11 Å². The van der Waals surface area contributed by atoms with Gasteiger partial charge in [0.15, 0.2) is 0 Å². The summed E-state index contributed by atoms with van der Waals surface area (Å²) >= 11 is 0. The number of carbonyl (C=O) groups excluding carboxylic acids is 2. The van der Waals surface area contributed by atoms with Crippen LogP contribution in [0.3, 0.4) is 0 Å². The van der Waals surface area contributed by atoms with E-state index in [2.05, 4.69) is 0 Å². The number of amides is 2. The number of morpholine rings is 1. The summed E-state index contributed by atoms with van der Waals surface area (Å²) in [7, 11) is 3.35. The van der Waals surface area contributed by atoms with E-state index in [4.69, 9.17) is 15.2 Å². The number of nitrogens with two attached hydrogens (primary N) is 1. The van der Waals surface area contributed by atoms with Crippen molar-refractivity contribution in [3.05, 3.63) is 24.0 Å². The number of carbonyl (C=O) groups is 2. The summed E-state index contributed by atoms with van der Waals surface area (Å²) in [5.41, 5.74) is 5.03. The number of hydrogen-bond donors (Lipinski definition) is 1. The van der Waals surface area contributed by atoms with E-state index in [1.807, 2.05) is 19.3 Å². The number of hydrogen-bond acceptors (Lipinski definition) is 4. The fourth-order valence-electron chi connectivity index (χ4n) is 2.69. The van der Waals surface area contributed by atoms with Crippen LogP contribution in [-0.2, 0) is 21.3 Å². The van der Waals surface area contributed by atoms with E-state index in [-0.39, 0.29) is 25.5 Å². The molecule has 0 aromatic carbocycles. The third-order valence-corrected chi connectivity index (χ3v) is 3.60. The average Bonchev–Trinajstić information content (AvgIpc) is 2.83. The van der Waals surface area contributed by atoms with Crippen LogP contribution in [0.25, 0.3) is 0 Å². The molecule has 1 unspecified atom stereocenters. The first kappa shape index (κ1) is 15.5. The second-order valence-corrected chi connectivity index (χ2v) is 5.34. The van der Waals surface area contributed by atoms with Crippen LogP contribution in [0, 0.1) is 0 Å². The van der Waals surface area contributed by atoms with E-state index in [0.717, 1.165) is 0 Å². The molecule has 21 heavy (non-hydrogen) atoms. The highest BCUT2D eigenvalue weighted by Crippen LogP contribution is 2.23. The summed E-state index contributed by atoms with van der Waals surface area (Å²) in [4.78, 5) is 25.5. The highest BCUT2D eigenvalue weighted by atomic mass is 16.5. The van der Waals surface area contributed by atoms with Crippen LogP contribution < -0.4 is 5.73 Å². The summed E-state index contributed by atoms with van der Waals surface area (Å²) in [5.74, 6) is -0.559. The predicted octanol–water partition coefficient (Wildman–Crippen LogP) is -0.242. The van der Waals surface area contributed by atoms with E-state index in [1.54, 1.807) is 15.5 Å². The molecule has 1 aromatic rings. The lowest BCUT2D eigenvalue weighted by Crippen LogP contribution is -2.57. The lowest BCUT2D eigenvalue weighted by Gasteiger charge is -2.41. The average molecular weight is 295 g/mol. The van der Waals surface area contributed by atoms with Gasteiger partial charge in [-0.15, -0.1) is 0 Å². The van der Waals surface area contributed by atoms with Crippen LogP contribution in [0.2, 0.25) is 0 Å². The van der Waals surface area contributed by atoms with Crippen molar-refractivity contribution in [3.63, 3.8) is 0 Å². The number of nitrogens with zero attached hydrogens (tertiary/aromatic N) is 2. The van der Waals surface area contributed by atoms with Gasteiger partial charge in [0.25, 0.3) is 5.91 Å². The number of rotatable bonds is 5. The molecule has 2 amide bonds. The first-order valence-corrected chi connectivity index (χ1v) is 6.79. The highest BCUT2D eigenvalue weighted by Gasteiger charge is 2.40. The van der Waals surface area contributed by atoms with Gasteiger partial charge in [0.2, 0.25) is 5.91 Å². The largest absolute Gasteiger partial charge is 0.382 e. The molecular formula is C14H21N3O4. The minimum Gasteiger partial charge on any atom is -0.382 e. The van der Waals surface area contributed by atoms with E-state index < -0.39 is 11.5 Å². The van der Waals surface area contributed by atoms with Gasteiger partial charge in [-0.2, -0.15) is 0 Å². The normalized spacial score (nSPS) is 22.3. The van der Waals surface area contributed by atoms with Gasteiger partial charge in [-0.05, 0) is 12.1 Å². The Kier molecular flexibility index (Phi) is 4.64. The maximum atomic E-state index is 12.6. The maximum absolute atomic E-state index is 12.6. The Morgan fingerprint density at radius 3 is 2.86 bits per heavy atom. The molecule has 0 bridgehead atoms. The van der Waals surface area contributed by atoms with E-state index >= 15 is 0 Å². The number of primary amides is 1. The smallest absolute Gasteiger partial charge is 0.270 e. The van der Waals surface area contributed by atoms with Crippen molar-refractivity contribution in [3.8, 4) is 0 Å². The van der Waals surface area contributed by atoms with Gasteiger partial charge in [0, 0.05) is 26.9 Å². The predicted molar refractivity (Wildman–Crippen MR) is 75.7 cm³/mol. The van der Waals surface area contributed by atoms with Crippen LogP contribution in [0.1, 0.15) is 16.9 Å². The summed E-state index contributed by atoms with van der Waals surface area (Å²) in [5, 5.41) is 0. The first-order valence-electron chi connectivity index (χ1n) is 6.79. The molecule has 1 atom stereocenters. The molecule has 2 N–H and O–H groups in total. The van der Waals surface area contributed by atoms with E-state index in [0.29, 0.717) is 18.8 Å². The van der Waals surface area contributed by atoms with Gasteiger partial charge in [0.05, 0.1) is 26.2 Å². The quantitative estimate of drug-likeness (QED) is 0.812. The lowest BCUT2D eigenvalue weighted by atomic mass is 9.97. The molecule has 0 radical (unpaired) electrons. The van der Waals surface area contributed by atoms with Crippen molar-refractivity contribution in [2.24, 2.45) is 12.8 Å². The van der Waals surface area contributed by atoms with Crippen molar-refractivity contribution in [1.29, 1.82) is 0 Å². The topological polar surface area (TPSA) is 86.8 Å². The van der Waals surface area contributed by atoms with Gasteiger partial charge in [0.1, 0.15) is 11.3 Å². The molecule has 1 aromatic heterocycles. The third kappa shape index (κ3) is 3.43. The lowest BCUT2D eigenvalue weighted by molar-refractivity contribution is -0.148. The molecule has 1 aliphatic heterocycles. The fraction of sp³-hybridized carbons (Fsp3) is 0.571. The molecular weight excluding hydrogens is 274 g/mol. The monoisotopic (exact) mass is 295 g/mol. The zero-order valence-corrected chi connectivity index (χ0v) is 12.4. The Bertz CT molecular complexity index is 524. The molecule has 2 heterocycles. The fourth-order valence-corrected chi connectivity index (χ4v) is 2.69. The zero-order chi connectivity index (χ0) is 15.5. The number of methoxy groups -OCH3 is 1. The SMILES string of the molecule is COCC1(CC(N)=O)CN(C(=O)c2cccn2C)CCO1. The summed E-state index contributed by atoms with van der Waals surface area (Å²) in [6, 6.07) is 3.59. The van der Waals surface area contributed by atoms with Crippen LogP contribution in [0.4, 0.5) is 0 Å². The third-order valence-electron chi connectivity index (χ3n) is 3.60. The van der Waals surface area contributed by atoms with Crippen molar-refractivity contribution < 1.29 is 19.1 Å². The van der Waals surface area contributed by atoms with Crippen LogP contribution in [-0.4, -0.2) is 60.3 Å². The summed E-state index contributed by atoms with van der Waals surface area (Å²) < 4.78 is 12.6. The second kappa shape index (κ2) is 6.28. The minimum absolute atomic E-state index is 0.0256. The first-order chi connectivity index (χ1) is 9.97. The minimum atomic E-state index is -0.861. The van der Waals surface area contributed by atoms with Crippen molar-refractivity contribution in [1.82, 2.24) is 9.47 Å². The molecule has 116 valence electrons. The number of ether oxygens (including phenoxy) is 2. The molecule has 7 nitrogen and oxygen atoms in total.